The topological polar surface area (TPSA) is 45.5 Å². The first-order valence-electron chi connectivity index (χ1n) is 8.46. The average molecular weight is 495 g/mol. The average Bonchev–Trinajstić information content (AvgIpc) is 3.06. The lowest BCUT2D eigenvalue weighted by Gasteiger charge is -2.21. The Balaban J connectivity index is 0.00000364. The molecule has 1 aromatic carbocycles. The smallest absolute Gasteiger partial charge is 0.356 e. The number of hydrogen-bond donors (Lipinski definition) is 1. The fraction of sp³-hybridized carbons (Fsp3) is 0.444. The number of aliphatic imine (C=N–C) groups is 1. The zero-order valence-corrected chi connectivity index (χ0v) is 17.7. The Morgan fingerprint density at radius 2 is 1.93 bits per heavy atom. The molecule has 1 aromatic heterocycles. The largest absolute Gasteiger partial charge is 0.389 e. The predicted molar refractivity (Wildman–Crippen MR) is 112 cm³/mol. The van der Waals surface area contributed by atoms with Crippen molar-refractivity contribution in [3.63, 3.8) is 0 Å². The first-order chi connectivity index (χ1) is 12.4. The second kappa shape index (κ2) is 11.2. The van der Waals surface area contributed by atoms with Crippen LogP contribution in [0.25, 0.3) is 5.69 Å². The van der Waals surface area contributed by atoms with E-state index in [1.54, 1.807) is 17.9 Å². The summed E-state index contributed by atoms with van der Waals surface area (Å²) in [5.74, 6) is 0.643. The van der Waals surface area contributed by atoms with Crippen molar-refractivity contribution in [2.45, 2.75) is 32.0 Å². The minimum absolute atomic E-state index is 0. The molecule has 1 N–H and O–H groups in total. The molecule has 0 amide bonds. The van der Waals surface area contributed by atoms with Crippen LogP contribution in [0.4, 0.5) is 13.2 Å². The van der Waals surface area contributed by atoms with Gasteiger partial charge in [0, 0.05) is 45.4 Å². The molecule has 0 aliphatic carbocycles. The Hall–Kier alpha value is -1.78. The Kier molecular flexibility index (Phi) is 9.61. The number of aromatic nitrogens is 2. The van der Waals surface area contributed by atoms with Crippen molar-refractivity contribution in [2.24, 2.45) is 4.99 Å². The molecule has 0 saturated carbocycles. The van der Waals surface area contributed by atoms with Crippen LogP contribution in [0.5, 0.6) is 0 Å². The van der Waals surface area contributed by atoms with E-state index in [1.807, 2.05) is 48.5 Å². The van der Waals surface area contributed by atoms with Crippen LogP contribution in [-0.2, 0) is 6.54 Å². The number of para-hydroxylation sites is 1. The monoisotopic (exact) mass is 495 g/mol. The lowest BCUT2D eigenvalue weighted by molar-refractivity contribution is -0.135. The molecule has 0 aliphatic rings. The lowest BCUT2D eigenvalue weighted by atomic mass is 10.2. The molecule has 0 aliphatic heterocycles. The van der Waals surface area contributed by atoms with Crippen molar-refractivity contribution in [3.05, 3.63) is 48.3 Å². The summed E-state index contributed by atoms with van der Waals surface area (Å²) in [6.45, 7) is 1.05. The number of halogens is 4. The van der Waals surface area contributed by atoms with Crippen molar-refractivity contribution in [1.82, 2.24) is 20.0 Å². The minimum Gasteiger partial charge on any atom is -0.356 e. The van der Waals surface area contributed by atoms with E-state index in [0.717, 1.165) is 11.3 Å². The molecule has 27 heavy (non-hydrogen) atoms. The van der Waals surface area contributed by atoms with Crippen LogP contribution < -0.4 is 5.32 Å². The van der Waals surface area contributed by atoms with Crippen LogP contribution in [0.1, 0.15) is 24.8 Å². The van der Waals surface area contributed by atoms with Crippen LogP contribution >= 0.6 is 24.0 Å². The van der Waals surface area contributed by atoms with Gasteiger partial charge in [0.05, 0.1) is 11.9 Å². The van der Waals surface area contributed by atoms with Gasteiger partial charge in [-0.1, -0.05) is 18.2 Å². The van der Waals surface area contributed by atoms with E-state index >= 15 is 0 Å². The first kappa shape index (κ1) is 23.3. The van der Waals surface area contributed by atoms with Gasteiger partial charge < -0.3 is 10.2 Å². The third-order valence-corrected chi connectivity index (χ3v) is 3.82. The van der Waals surface area contributed by atoms with Crippen LogP contribution in [0.2, 0.25) is 0 Å². The summed E-state index contributed by atoms with van der Waals surface area (Å²) < 4.78 is 38.2. The maximum absolute atomic E-state index is 12.1. The van der Waals surface area contributed by atoms with E-state index in [0.29, 0.717) is 25.5 Å². The molecule has 5 nitrogen and oxygen atoms in total. The molecule has 2 rings (SSSR count). The highest BCUT2D eigenvalue weighted by atomic mass is 127. The third kappa shape index (κ3) is 8.19. The van der Waals surface area contributed by atoms with Crippen molar-refractivity contribution in [2.75, 3.05) is 20.6 Å². The van der Waals surface area contributed by atoms with Gasteiger partial charge in [0.2, 0.25) is 0 Å². The number of nitrogens with zero attached hydrogens (tertiary/aromatic N) is 4. The summed E-state index contributed by atoms with van der Waals surface area (Å²) >= 11 is 0. The minimum atomic E-state index is -4.09. The fourth-order valence-electron chi connectivity index (χ4n) is 2.55. The molecule has 0 bridgehead atoms. The molecule has 0 radical (unpaired) electrons. The van der Waals surface area contributed by atoms with Gasteiger partial charge in [-0.15, -0.1) is 24.0 Å². The van der Waals surface area contributed by atoms with Gasteiger partial charge in [0.25, 0.3) is 0 Å². The van der Waals surface area contributed by atoms with Crippen molar-refractivity contribution in [3.8, 4) is 5.69 Å². The summed E-state index contributed by atoms with van der Waals surface area (Å²) in [7, 11) is 3.53. The Labute approximate surface area is 174 Å². The van der Waals surface area contributed by atoms with Gasteiger partial charge in [0.1, 0.15) is 0 Å². The summed E-state index contributed by atoms with van der Waals surface area (Å²) in [5, 5.41) is 7.45. The summed E-state index contributed by atoms with van der Waals surface area (Å²) in [6.07, 6.45) is -0.541. The molecule has 0 fully saturated rings. The third-order valence-electron chi connectivity index (χ3n) is 3.82. The molecule has 0 spiro atoms. The first-order valence-corrected chi connectivity index (χ1v) is 8.46. The number of guanidine groups is 1. The predicted octanol–water partition coefficient (Wildman–Crippen LogP) is 4.23. The van der Waals surface area contributed by atoms with Crippen molar-refractivity contribution < 1.29 is 13.2 Å². The highest BCUT2D eigenvalue weighted by Gasteiger charge is 2.25. The van der Waals surface area contributed by atoms with E-state index in [4.69, 9.17) is 0 Å². The quantitative estimate of drug-likeness (QED) is 0.271. The Bertz CT molecular complexity index is 701. The van der Waals surface area contributed by atoms with E-state index in [2.05, 4.69) is 15.4 Å². The zero-order valence-electron chi connectivity index (χ0n) is 15.4. The van der Waals surface area contributed by atoms with E-state index < -0.39 is 12.6 Å². The Morgan fingerprint density at radius 3 is 2.56 bits per heavy atom. The van der Waals surface area contributed by atoms with Gasteiger partial charge >= 0.3 is 6.18 Å². The number of nitrogens with one attached hydrogen (secondary N) is 1. The van der Waals surface area contributed by atoms with Crippen molar-refractivity contribution >= 4 is 29.9 Å². The number of benzene rings is 1. The van der Waals surface area contributed by atoms with Crippen LogP contribution in [-0.4, -0.2) is 47.5 Å². The molecular formula is C18H25F3IN5. The molecule has 9 heteroatoms. The highest BCUT2D eigenvalue weighted by Crippen LogP contribution is 2.21. The van der Waals surface area contributed by atoms with Gasteiger partial charge in [-0.2, -0.15) is 18.3 Å². The van der Waals surface area contributed by atoms with E-state index in [9.17, 15) is 13.2 Å². The molecule has 0 unspecified atom stereocenters. The second-order valence-corrected chi connectivity index (χ2v) is 6.03. The SMILES string of the molecule is CN=C(NCCCCC(F)(F)F)N(C)Cc1cnn(-c2ccccc2)c1.I. The summed E-state index contributed by atoms with van der Waals surface area (Å²) in [6, 6.07) is 9.80. The van der Waals surface area contributed by atoms with Gasteiger partial charge in [-0.25, -0.2) is 4.68 Å². The number of rotatable bonds is 7. The molecular weight excluding hydrogens is 470 g/mol. The summed E-state index contributed by atoms with van der Waals surface area (Å²) in [4.78, 5) is 6.09. The Morgan fingerprint density at radius 1 is 1.22 bits per heavy atom. The standard InChI is InChI=1S/C18H24F3N5.HI/c1-22-17(23-11-7-6-10-18(19,20)21)25(2)13-15-12-24-26(14-15)16-8-4-3-5-9-16;/h3-5,8-9,12,14H,6-7,10-11,13H2,1-2H3,(H,22,23);1H. The van der Waals surface area contributed by atoms with Gasteiger partial charge in [0.15, 0.2) is 5.96 Å². The van der Waals surface area contributed by atoms with Crippen LogP contribution in [0.3, 0.4) is 0 Å². The normalized spacial score (nSPS) is 11.8. The molecule has 1 heterocycles. The van der Waals surface area contributed by atoms with Crippen LogP contribution in [0, 0.1) is 0 Å². The highest BCUT2D eigenvalue weighted by molar-refractivity contribution is 14.0. The second-order valence-electron chi connectivity index (χ2n) is 6.03. The maximum atomic E-state index is 12.1. The maximum Gasteiger partial charge on any atom is 0.389 e. The fourth-order valence-corrected chi connectivity index (χ4v) is 2.55. The molecule has 0 atom stereocenters. The van der Waals surface area contributed by atoms with Crippen LogP contribution in [0.15, 0.2) is 47.7 Å². The number of alkyl halides is 3. The molecule has 0 saturated heterocycles. The van der Waals surface area contributed by atoms with E-state index in [-0.39, 0.29) is 30.4 Å². The zero-order chi connectivity index (χ0) is 19.0. The lowest BCUT2D eigenvalue weighted by Crippen LogP contribution is -2.38. The molecule has 2 aromatic rings. The van der Waals surface area contributed by atoms with Gasteiger partial charge in [-0.3, -0.25) is 4.99 Å². The van der Waals surface area contributed by atoms with Gasteiger partial charge in [-0.05, 0) is 25.0 Å². The molecule has 150 valence electrons. The summed E-state index contributed by atoms with van der Waals surface area (Å²) in [5.41, 5.74) is 1.99. The number of hydrogen-bond acceptors (Lipinski definition) is 2. The van der Waals surface area contributed by atoms with E-state index in [1.165, 1.54) is 0 Å². The van der Waals surface area contributed by atoms with Crippen molar-refractivity contribution in [1.29, 1.82) is 0 Å². The number of unbranched alkanes of at least 4 members (excludes halogenated alkanes) is 1.